The Bertz CT molecular complexity index is 1360. The number of ether oxygens (including phenoxy) is 7. The molecule has 1 aromatic carbocycles. The zero-order chi connectivity index (χ0) is 32.8. The van der Waals surface area contributed by atoms with E-state index in [1.165, 1.54) is 6.92 Å². The van der Waals surface area contributed by atoms with Crippen LogP contribution in [0.5, 0.6) is 5.75 Å². The molecular weight excluding hydrogens is 594 g/mol. The van der Waals surface area contributed by atoms with Crippen LogP contribution in [0.1, 0.15) is 49.9 Å². The molecule has 13 atom stereocenters. The predicted octanol–water partition coefficient (Wildman–Crippen LogP) is 2.72. The molecule has 6 fully saturated rings. The van der Waals surface area contributed by atoms with Crippen molar-refractivity contribution in [3.63, 3.8) is 0 Å². The molecule has 7 rings (SSSR count). The highest BCUT2D eigenvalue weighted by Crippen LogP contribution is 2.80. The Kier molecular flexibility index (Phi) is 7.81. The van der Waals surface area contributed by atoms with Gasteiger partial charge in [-0.05, 0) is 56.0 Å². The third-order valence-electron chi connectivity index (χ3n) is 13.3. The van der Waals surface area contributed by atoms with Crippen molar-refractivity contribution in [3.8, 4) is 5.75 Å². The lowest BCUT2D eigenvalue weighted by Crippen LogP contribution is -2.77. The number of nitrogens with zero attached hydrogens (tertiary/aromatic N) is 1. The summed E-state index contributed by atoms with van der Waals surface area (Å²) in [6, 6.07) is 6.66. The van der Waals surface area contributed by atoms with E-state index in [9.17, 15) is 14.7 Å². The number of carbonyl (C=O) groups is 2. The molecule has 1 heterocycles. The van der Waals surface area contributed by atoms with Gasteiger partial charge in [0.25, 0.3) is 0 Å². The number of piperidine rings is 1. The van der Waals surface area contributed by atoms with Gasteiger partial charge in [0.15, 0.2) is 0 Å². The number of aliphatic hydroxyl groups is 1. The van der Waals surface area contributed by atoms with Crippen molar-refractivity contribution in [1.29, 1.82) is 0 Å². The molecule has 4 unspecified atom stereocenters. The van der Waals surface area contributed by atoms with Gasteiger partial charge in [0.2, 0.25) is 0 Å². The van der Waals surface area contributed by atoms with Gasteiger partial charge in [-0.25, -0.2) is 4.79 Å². The molecule has 1 aliphatic heterocycles. The fourth-order valence-corrected chi connectivity index (χ4v) is 12.4. The largest absolute Gasteiger partial charge is 0.497 e. The first-order valence-corrected chi connectivity index (χ1v) is 16.6. The van der Waals surface area contributed by atoms with Gasteiger partial charge in [0.1, 0.15) is 23.1 Å². The van der Waals surface area contributed by atoms with Crippen LogP contribution >= 0.6 is 0 Å². The summed E-state index contributed by atoms with van der Waals surface area (Å²) in [5.41, 5.74) is -3.03. The van der Waals surface area contributed by atoms with Crippen molar-refractivity contribution in [3.05, 3.63) is 29.8 Å². The third-order valence-corrected chi connectivity index (χ3v) is 13.3. The van der Waals surface area contributed by atoms with Gasteiger partial charge in [0.05, 0.1) is 37.6 Å². The number of rotatable bonds is 10. The summed E-state index contributed by atoms with van der Waals surface area (Å²) in [5.74, 6) is -1.38. The van der Waals surface area contributed by atoms with Gasteiger partial charge in [-0.3, -0.25) is 9.69 Å². The second-order valence-corrected chi connectivity index (χ2v) is 14.6. The van der Waals surface area contributed by atoms with Gasteiger partial charge < -0.3 is 38.3 Å². The van der Waals surface area contributed by atoms with Crippen molar-refractivity contribution in [2.45, 2.75) is 81.2 Å². The number of methoxy groups -OCH3 is 5. The Morgan fingerprint density at radius 3 is 2.28 bits per heavy atom. The molecular formula is C35H49NO10. The molecule has 5 saturated carbocycles. The van der Waals surface area contributed by atoms with E-state index >= 15 is 0 Å². The second-order valence-electron chi connectivity index (χ2n) is 14.6. The van der Waals surface area contributed by atoms with Crippen molar-refractivity contribution in [2.24, 2.45) is 34.5 Å². The number of benzene rings is 1. The lowest BCUT2D eigenvalue weighted by Gasteiger charge is -2.69. The number of esters is 2. The zero-order valence-electron chi connectivity index (χ0n) is 28.0. The summed E-state index contributed by atoms with van der Waals surface area (Å²) in [4.78, 5) is 29.7. The van der Waals surface area contributed by atoms with Crippen molar-refractivity contribution < 1.29 is 47.9 Å². The van der Waals surface area contributed by atoms with Crippen LogP contribution in [0.25, 0.3) is 0 Å². The van der Waals surface area contributed by atoms with E-state index in [0.717, 1.165) is 25.9 Å². The molecule has 11 nitrogen and oxygen atoms in total. The van der Waals surface area contributed by atoms with Crippen LogP contribution in [-0.2, 0) is 33.2 Å². The maximum atomic E-state index is 13.9. The maximum Gasteiger partial charge on any atom is 0.338 e. The van der Waals surface area contributed by atoms with E-state index in [1.807, 2.05) is 0 Å². The highest BCUT2D eigenvalue weighted by atomic mass is 16.6. The molecule has 5 aliphatic carbocycles. The van der Waals surface area contributed by atoms with Crippen LogP contribution in [0.2, 0.25) is 0 Å². The Balaban J connectivity index is 1.46. The molecule has 1 spiro atoms. The molecule has 11 heteroatoms. The van der Waals surface area contributed by atoms with Crippen LogP contribution in [0.15, 0.2) is 24.3 Å². The summed E-state index contributed by atoms with van der Waals surface area (Å²) in [5, 5.41) is 12.8. The van der Waals surface area contributed by atoms with E-state index < -0.39 is 46.7 Å². The number of carbonyl (C=O) groups excluding carboxylic acids is 2. The molecule has 0 aromatic heterocycles. The molecule has 254 valence electrons. The second kappa shape index (κ2) is 11.1. The minimum Gasteiger partial charge on any atom is -0.497 e. The average molecular weight is 644 g/mol. The SMILES string of the molecule is CCN1C[C@]2(COC)CC[C@H](OC)[C@]34C5C[C@]6(O)[C@@H](OC)C[C@@](OC(C)=O)(C5[C@H]6OC(=O)c5ccc(OC)cc5)[C@H](C13)[C@H](OC)C24. The number of likely N-dealkylation sites (tertiary alicyclic amines) is 1. The van der Waals surface area contributed by atoms with E-state index in [4.69, 9.17) is 33.2 Å². The fraction of sp³-hybridized carbons (Fsp3) is 0.771. The first kappa shape index (κ1) is 32.3. The minimum atomic E-state index is -1.51. The molecule has 1 N–H and O–H groups in total. The van der Waals surface area contributed by atoms with E-state index in [-0.39, 0.29) is 47.8 Å². The Morgan fingerprint density at radius 1 is 0.978 bits per heavy atom. The number of hydrogen-bond donors (Lipinski definition) is 1. The van der Waals surface area contributed by atoms with Crippen molar-refractivity contribution in [1.82, 2.24) is 4.90 Å². The number of hydrogen-bond acceptors (Lipinski definition) is 11. The maximum absolute atomic E-state index is 13.9. The molecule has 0 radical (unpaired) electrons. The van der Waals surface area contributed by atoms with E-state index in [2.05, 4.69) is 11.8 Å². The summed E-state index contributed by atoms with van der Waals surface area (Å²) >= 11 is 0. The van der Waals surface area contributed by atoms with Crippen LogP contribution < -0.4 is 4.74 Å². The van der Waals surface area contributed by atoms with Gasteiger partial charge in [-0.15, -0.1) is 0 Å². The van der Waals surface area contributed by atoms with Gasteiger partial charge >= 0.3 is 11.9 Å². The molecule has 7 bridgehead atoms. The average Bonchev–Trinajstić information content (AvgIpc) is 3.42. The first-order valence-electron chi connectivity index (χ1n) is 16.6. The van der Waals surface area contributed by atoms with Crippen molar-refractivity contribution >= 4 is 11.9 Å². The van der Waals surface area contributed by atoms with Crippen LogP contribution in [0.4, 0.5) is 0 Å². The van der Waals surface area contributed by atoms with E-state index in [1.54, 1.807) is 59.8 Å². The minimum absolute atomic E-state index is 0.00534. The monoisotopic (exact) mass is 643 g/mol. The standard InChI is InChI=1S/C35H49NO10/c1-8-36-17-32(18-40-3)14-13-23(42-5)35-22-15-33(39)24(43-6)16-34(46-19(2)37,26(29(35)36)27(44-7)28(32)35)25(22)30(33)45-31(38)20-9-11-21(41-4)12-10-20/h9-12,22-30,39H,8,13-18H2,1-7H3/t22?,23-,24-,25?,26-,27-,28?,29?,30+,32-,33-,34+,35-/m0/s1. The normalized spacial score (nSPS) is 46.6. The zero-order valence-corrected chi connectivity index (χ0v) is 28.0. The Morgan fingerprint density at radius 2 is 1.70 bits per heavy atom. The smallest absolute Gasteiger partial charge is 0.338 e. The van der Waals surface area contributed by atoms with Crippen LogP contribution in [0, 0.1) is 34.5 Å². The Labute approximate surface area is 271 Å². The van der Waals surface area contributed by atoms with Gasteiger partial charge in [-0.2, -0.15) is 0 Å². The molecule has 0 amide bonds. The fourth-order valence-electron chi connectivity index (χ4n) is 12.4. The quantitative estimate of drug-likeness (QED) is 0.379. The summed E-state index contributed by atoms with van der Waals surface area (Å²) in [7, 11) is 8.44. The van der Waals surface area contributed by atoms with Gasteiger partial charge in [-0.1, -0.05) is 6.92 Å². The lowest BCUT2D eigenvalue weighted by atomic mass is 9.43. The van der Waals surface area contributed by atoms with E-state index in [0.29, 0.717) is 24.3 Å². The lowest BCUT2D eigenvalue weighted by molar-refractivity contribution is -0.287. The van der Waals surface area contributed by atoms with Gasteiger partial charge in [0, 0.05) is 83.0 Å². The molecule has 6 aliphatic rings. The third kappa shape index (κ3) is 3.87. The van der Waals surface area contributed by atoms with Crippen LogP contribution in [0.3, 0.4) is 0 Å². The molecule has 46 heavy (non-hydrogen) atoms. The highest BCUT2D eigenvalue weighted by molar-refractivity contribution is 5.89. The summed E-state index contributed by atoms with van der Waals surface area (Å²) < 4.78 is 43.6. The number of fused-ring (bicyclic) bond motifs is 2. The molecule has 1 aromatic rings. The summed E-state index contributed by atoms with van der Waals surface area (Å²) in [6.45, 7) is 5.80. The first-order chi connectivity index (χ1) is 22.1. The molecule has 1 saturated heterocycles. The summed E-state index contributed by atoms with van der Waals surface area (Å²) in [6.07, 6.45) is 0.142. The Hall–Kier alpha value is -2.28. The highest BCUT2D eigenvalue weighted by Gasteiger charge is 2.89. The topological polar surface area (TPSA) is 122 Å². The van der Waals surface area contributed by atoms with Crippen LogP contribution in [-0.4, -0.2) is 119 Å². The predicted molar refractivity (Wildman–Crippen MR) is 164 cm³/mol. The van der Waals surface area contributed by atoms with Crippen molar-refractivity contribution in [2.75, 3.05) is 55.2 Å².